The van der Waals surface area contributed by atoms with Crippen molar-refractivity contribution in [2.45, 2.75) is 0 Å². The molecule has 7 nitrogen and oxygen atoms in total. The SMILES string of the molecule is Cn1cc(C(=O)Nc2cnn(-c3ccccc3)c2)nn1. The average Bonchev–Trinajstić information content (AvgIpc) is 3.09. The van der Waals surface area contributed by atoms with E-state index in [1.165, 1.54) is 4.68 Å². The van der Waals surface area contributed by atoms with Crippen molar-refractivity contribution in [3.8, 4) is 5.69 Å². The first-order valence-electron chi connectivity index (χ1n) is 6.00. The molecule has 0 aliphatic rings. The summed E-state index contributed by atoms with van der Waals surface area (Å²) in [6.07, 6.45) is 4.88. The molecule has 1 N–H and O–H groups in total. The molecule has 0 fully saturated rings. The molecule has 1 aromatic carbocycles. The quantitative estimate of drug-likeness (QED) is 0.775. The minimum Gasteiger partial charge on any atom is -0.318 e. The van der Waals surface area contributed by atoms with Crippen LogP contribution in [0, 0.1) is 0 Å². The van der Waals surface area contributed by atoms with E-state index >= 15 is 0 Å². The lowest BCUT2D eigenvalue weighted by molar-refractivity contribution is 0.102. The van der Waals surface area contributed by atoms with Gasteiger partial charge in [-0.1, -0.05) is 23.4 Å². The number of aryl methyl sites for hydroxylation is 1. The molecule has 3 aromatic rings. The number of benzene rings is 1. The lowest BCUT2D eigenvalue weighted by Crippen LogP contribution is -2.11. The smallest absolute Gasteiger partial charge is 0.277 e. The van der Waals surface area contributed by atoms with Crippen LogP contribution in [0.4, 0.5) is 5.69 Å². The fraction of sp³-hybridized carbons (Fsp3) is 0.0769. The van der Waals surface area contributed by atoms with Crippen LogP contribution < -0.4 is 5.32 Å². The molecule has 2 heterocycles. The van der Waals surface area contributed by atoms with Gasteiger partial charge in [0.1, 0.15) is 0 Å². The van der Waals surface area contributed by atoms with E-state index in [0.717, 1.165) is 5.69 Å². The summed E-state index contributed by atoms with van der Waals surface area (Å²) in [4.78, 5) is 11.9. The van der Waals surface area contributed by atoms with E-state index in [4.69, 9.17) is 0 Å². The van der Waals surface area contributed by atoms with Gasteiger partial charge in [0, 0.05) is 7.05 Å². The molecule has 100 valence electrons. The standard InChI is InChI=1S/C13H12N6O/c1-18-9-12(16-17-18)13(20)15-10-7-14-19(8-10)11-5-3-2-4-6-11/h2-9H,1H3,(H,15,20). The van der Waals surface area contributed by atoms with Crippen molar-refractivity contribution in [2.75, 3.05) is 5.32 Å². The number of anilines is 1. The maximum absolute atomic E-state index is 11.9. The highest BCUT2D eigenvalue weighted by Crippen LogP contribution is 2.11. The van der Waals surface area contributed by atoms with E-state index in [1.54, 1.807) is 30.3 Å². The van der Waals surface area contributed by atoms with Crippen LogP contribution in [-0.4, -0.2) is 30.7 Å². The fourth-order valence-corrected chi connectivity index (χ4v) is 1.76. The molecule has 2 aromatic heterocycles. The van der Waals surface area contributed by atoms with Crippen molar-refractivity contribution in [1.82, 2.24) is 24.8 Å². The van der Waals surface area contributed by atoms with Crippen LogP contribution in [0.15, 0.2) is 48.9 Å². The third-order valence-corrected chi connectivity index (χ3v) is 2.70. The number of amides is 1. The Morgan fingerprint density at radius 1 is 1.20 bits per heavy atom. The first-order chi connectivity index (χ1) is 9.72. The number of para-hydroxylation sites is 1. The third kappa shape index (κ3) is 2.41. The van der Waals surface area contributed by atoms with Gasteiger partial charge < -0.3 is 5.32 Å². The van der Waals surface area contributed by atoms with Gasteiger partial charge in [-0.25, -0.2) is 4.68 Å². The molecule has 0 spiro atoms. The van der Waals surface area contributed by atoms with E-state index in [-0.39, 0.29) is 11.6 Å². The zero-order valence-corrected chi connectivity index (χ0v) is 10.8. The molecule has 7 heteroatoms. The van der Waals surface area contributed by atoms with Gasteiger partial charge in [-0.3, -0.25) is 9.48 Å². The van der Waals surface area contributed by atoms with Crippen LogP contribution in [0.1, 0.15) is 10.5 Å². The predicted molar refractivity (Wildman–Crippen MR) is 72.5 cm³/mol. The number of hydrogen-bond donors (Lipinski definition) is 1. The minimum absolute atomic E-state index is 0.264. The minimum atomic E-state index is -0.314. The predicted octanol–water partition coefficient (Wildman–Crippen LogP) is 1.25. The van der Waals surface area contributed by atoms with Crippen molar-refractivity contribution in [3.05, 3.63) is 54.6 Å². The van der Waals surface area contributed by atoms with Crippen LogP contribution in [-0.2, 0) is 7.05 Å². The van der Waals surface area contributed by atoms with Crippen molar-refractivity contribution in [1.29, 1.82) is 0 Å². The summed E-state index contributed by atoms with van der Waals surface area (Å²) in [6.45, 7) is 0. The van der Waals surface area contributed by atoms with E-state index in [0.29, 0.717) is 5.69 Å². The zero-order chi connectivity index (χ0) is 13.9. The number of nitrogens with zero attached hydrogens (tertiary/aromatic N) is 5. The largest absolute Gasteiger partial charge is 0.318 e. The molecular weight excluding hydrogens is 256 g/mol. The lowest BCUT2D eigenvalue weighted by atomic mass is 10.3. The van der Waals surface area contributed by atoms with Crippen LogP contribution >= 0.6 is 0 Å². The number of carbonyl (C=O) groups is 1. The molecular formula is C13H12N6O. The van der Waals surface area contributed by atoms with Gasteiger partial charge in [0.05, 0.1) is 30.0 Å². The highest BCUT2D eigenvalue weighted by atomic mass is 16.2. The van der Waals surface area contributed by atoms with Crippen LogP contribution in [0.5, 0.6) is 0 Å². The van der Waals surface area contributed by atoms with Gasteiger partial charge in [-0.2, -0.15) is 5.10 Å². The van der Waals surface area contributed by atoms with Gasteiger partial charge >= 0.3 is 0 Å². The normalized spacial score (nSPS) is 10.4. The van der Waals surface area contributed by atoms with Crippen molar-refractivity contribution < 1.29 is 4.79 Å². The highest BCUT2D eigenvalue weighted by molar-refractivity contribution is 6.02. The summed E-state index contributed by atoms with van der Waals surface area (Å²) in [5.74, 6) is -0.314. The summed E-state index contributed by atoms with van der Waals surface area (Å²) in [7, 11) is 1.71. The van der Waals surface area contributed by atoms with Crippen LogP contribution in [0.3, 0.4) is 0 Å². The Morgan fingerprint density at radius 2 is 2.00 bits per heavy atom. The summed E-state index contributed by atoms with van der Waals surface area (Å²) in [5, 5.41) is 14.4. The van der Waals surface area contributed by atoms with E-state index in [9.17, 15) is 4.79 Å². The Balaban J connectivity index is 1.76. The molecule has 1 amide bonds. The maximum atomic E-state index is 11.9. The van der Waals surface area contributed by atoms with Gasteiger partial charge in [0.15, 0.2) is 5.69 Å². The summed E-state index contributed by atoms with van der Waals surface area (Å²) in [6, 6.07) is 9.65. The van der Waals surface area contributed by atoms with Crippen LogP contribution in [0.25, 0.3) is 5.69 Å². The highest BCUT2D eigenvalue weighted by Gasteiger charge is 2.11. The molecule has 20 heavy (non-hydrogen) atoms. The first kappa shape index (κ1) is 12.1. The first-order valence-corrected chi connectivity index (χ1v) is 6.00. The monoisotopic (exact) mass is 268 g/mol. The van der Waals surface area contributed by atoms with Gasteiger partial charge in [0.25, 0.3) is 5.91 Å². The average molecular weight is 268 g/mol. The number of rotatable bonds is 3. The molecule has 0 aliphatic carbocycles. The van der Waals surface area contributed by atoms with Crippen molar-refractivity contribution in [2.24, 2.45) is 7.05 Å². The molecule has 0 unspecified atom stereocenters. The summed E-state index contributed by atoms with van der Waals surface area (Å²) >= 11 is 0. The van der Waals surface area contributed by atoms with Crippen molar-refractivity contribution >= 4 is 11.6 Å². The number of aromatic nitrogens is 5. The molecule has 3 rings (SSSR count). The van der Waals surface area contributed by atoms with Crippen molar-refractivity contribution in [3.63, 3.8) is 0 Å². The molecule has 0 atom stereocenters. The summed E-state index contributed by atoms with van der Waals surface area (Å²) in [5.41, 5.74) is 1.79. The molecule has 0 radical (unpaired) electrons. The zero-order valence-electron chi connectivity index (χ0n) is 10.8. The Morgan fingerprint density at radius 3 is 2.70 bits per heavy atom. The number of nitrogens with one attached hydrogen (secondary N) is 1. The number of hydrogen-bond acceptors (Lipinski definition) is 4. The second kappa shape index (κ2) is 4.96. The number of carbonyl (C=O) groups excluding carboxylic acids is 1. The fourth-order valence-electron chi connectivity index (χ4n) is 1.76. The Kier molecular flexibility index (Phi) is 3.00. The summed E-state index contributed by atoms with van der Waals surface area (Å²) < 4.78 is 3.16. The van der Waals surface area contributed by atoms with Gasteiger partial charge in [-0.05, 0) is 12.1 Å². The van der Waals surface area contributed by atoms with E-state index < -0.39 is 0 Å². The van der Waals surface area contributed by atoms with E-state index in [1.807, 2.05) is 30.3 Å². The molecule has 0 saturated carbocycles. The van der Waals surface area contributed by atoms with Gasteiger partial charge in [0.2, 0.25) is 0 Å². The maximum Gasteiger partial charge on any atom is 0.277 e. The topological polar surface area (TPSA) is 77.6 Å². The molecule has 0 aliphatic heterocycles. The van der Waals surface area contributed by atoms with Gasteiger partial charge in [-0.15, -0.1) is 5.10 Å². The van der Waals surface area contributed by atoms with Crippen LogP contribution in [0.2, 0.25) is 0 Å². The Hall–Kier alpha value is -2.96. The van der Waals surface area contributed by atoms with E-state index in [2.05, 4.69) is 20.7 Å². The molecule has 0 saturated heterocycles. The lowest BCUT2D eigenvalue weighted by Gasteiger charge is -2.00. The third-order valence-electron chi connectivity index (χ3n) is 2.70. The second-order valence-electron chi connectivity index (χ2n) is 4.24. The molecule has 0 bridgehead atoms. The Bertz CT molecular complexity index is 730. The second-order valence-corrected chi connectivity index (χ2v) is 4.24. The Labute approximate surface area is 114 Å².